The van der Waals surface area contributed by atoms with Crippen molar-refractivity contribution in [3.63, 3.8) is 0 Å². The molecule has 138 valence electrons. The first-order chi connectivity index (χ1) is 12.0. The molecule has 2 N–H and O–H groups in total. The lowest BCUT2D eigenvalue weighted by atomic mass is 10.1. The summed E-state index contributed by atoms with van der Waals surface area (Å²) < 4.78 is 2.36. The van der Waals surface area contributed by atoms with Gasteiger partial charge < -0.3 is 14.6 Å². The van der Waals surface area contributed by atoms with Gasteiger partial charge in [0, 0.05) is 12.7 Å². The van der Waals surface area contributed by atoms with Crippen LogP contribution in [-0.2, 0) is 13.1 Å². The van der Waals surface area contributed by atoms with Crippen molar-refractivity contribution in [2.45, 2.75) is 59.7 Å². The van der Waals surface area contributed by atoms with E-state index in [9.17, 15) is 5.11 Å². The summed E-state index contributed by atoms with van der Waals surface area (Å²) in [6.07, 6.45) is 4.00. The first-order valence-corrected chi connectivity index (χ1v) is 9.69. The van der Waals surface area contributed by atoms with Crippen molar-refractivity contribution >= 4 is 0 Å². The van der Waals surface area contributed by atoms with Gasteiger partial charge in [0.1, 0.15) is 19.2 Å². The first-order valence-electron chi connectivity index (χ1n) is 9.69. The van der Waals surface area contributed by atoms with Crippen molar-refractivity contribution in [1.29, 1.82) is 0 Å². The zero-order chi connectivity index (χ0) is 18.2. The largest absolute Gasteiger partial charge is 0.387 e. The standard InChI is InChI=1S/C22H34N2O/c1-5-22(25)17-23(14-12-18(2)3)16-21-11-8-13-24(21)15-20-10-7-6-9-19(20)4/h6-11,13,18,22,25H,5,12,14-17H2,1-4H3/p+1/t22-/m0/s1. The Morgan fingerprint density at radius 2 is 1.88 bits per heavy atom. The van der Waals surface area contributed by atoms with Gasteiger partial charge in [-0.15, -0.1) is 0 Å². The molecule has 0 saturated heterocycles. The normalized spacial score (nSPS) is 14.0. The number of aliphatic hydroxyl groups is 1. The molecule has 0 aliphatic rings. The number of nitrogens with one attached hydrogen (secondary N) is 1. The molecule has 2 rings (SSSR count). The number of hydrogen-bond acceptors (Lipinski definition) is 1. The summed E-state index contributed by atoms with van der Waals surface area (Å²) in [7, 11) is 0. The van der Waals surface area contributed by atoms with Crippen LogP contribution in [0.2, 0.25) is 0 Å². The highest BCUT2D eigenvalue weighted by Crippen LogP contribution is 2.11. The van der Waals surface area contributed by atoms with E-state index in [-0.39, 0.29) is 6.10 Å². The van der Waals surface area contributed by atoms with Crippen molar-refractivity contribution in [2.75, 3.05) is 13.1 Å². The van der Waals surface area contributed by atoms with Crippen LogP contribution in [0.1, 0.15) is 50.4 Å². The zero-order valence-electron chi connectivity index (χ0n) is 16.3. The van der Waals surface area contributed by atoms with Gasteiger partial charge in [-0.05, 0) is 48.9 Å². The highest BCUT2D eigenvalue weighted by molar-refractivity contribution is 5.26. The van der Waals surface area contributed by atoms with Gasteiger partial charge in [0.25, 0.3) is 0 Å². The van der Waals surface area contributed by atoms with Gasteiger partial charge in [-0.25, -0.2) is 0 Å². The maximum atomic E-state index is 10.1. The molecule has 0 aliphatic heterocycles. The average Bonchev–Trinajstić information content (AvgIpc) is 3.01. The van der Waals surface area contributed by atoms with Crippen LogP contribution in [0.4, 0.5) is 0 Å². The van der Waals surface area contributed by atoms with Crippen LogP contribution in [0.25, 0.3) is 0 Å². The molecule has 2 aromatic rings. The second kappa shape index (κ2) is 9.79. The minimum atomic E-state index is -0.207. The lowest BCUT2D eigenvalue weighted by Crippen LogP contribution is -3.12. The highest BCUT2D eigenvalue weighted by Gasteiger charge is 2.17. The summed E-state index contributed by atoms with van der Waals surface area (Å²) in [5.74, 6) is 0.701. The molecule has 0 amide bonds. The molecule has 1 heterocycles. The molecule has 0 bridgehead atoms. The molecule has 1 aromatic carbocycles. The Morgan fingerprint density at radius 1 is 1.12 bits per heavy atom. The molecule has 25 heavy (non-hydrogen) atoms. The summed E-state index contributed by atoms with van der Waals surface area (Å²) in [6.45, 7) is 12.6. The fraction of sp³-hybridized carbons (Fsp3) is 0.545. The minimum Gasteiger partial charge on any atom is -0.387 e. The summed E-state index contributed by atoms with van der Waals surface area (Å²) >= 11 is 0. The van der Waals surface area contributed by atoms with Gasteiger partial charge in [-0.2, -0.15) is 0 Å². The van der Waals surface area contributed by atoms with Crippen LogP contribution in [0.3, 0.4) is 0 Å². The number of aliphatic hydroxyl groups excluding tert-OH is 1. The second-order valence-corrected chi connectivity index (χ2v) is 7.68. The van der Waals surface area contributed by atoms with Crippen LogP contribution in [-0.4, -0.2) is 28.9 Å². The van der Waals surface area contributed by atoms with E-state index >= 15 is 0 Å². The van der Waals surface area contributed by atoms with Gasteiger partial charge in [-0.3, -0.25) is 0 Å². The Hall–Kier alpha value is -1.58. The number of rotatable bonds is 10. The van der Waals surface area contributed by atoms with E-state index in [4.69, 9.17) is 0 Å². The molecule has 0 saturated carbocycles. The third-order valence-electron chi connectivity index (χ3n) is 5.03. The summed E-state index contributed by atoms with van der Waals surface area (Å²) in [4.78, 5) is 1.48. The molecule has 0 spiro atoms. The van der Waals surface area contributed by atoms with Crippen molar-refractivity contribution in [2.24, 2.45) is 5.92 Å². The molecule has 0 radical (unpaired) electrons. The Balaban J connectivity index is 2.08. The molecular weight excluding hydrogens is 308 g/mol. The quantitative estimate of drug-likeness (QED) is 0.682. The van der Waals surface area contributed by atoms with E-state index in [1.807, 2.05) is 0 Å². The summed E-state index contributed by atoms with van der Waals surface area (Å²) in [6, 6.07) is 13.0. The smallest absolute Gasteiger partial charge is 0.118 e. The molecule has 3 heteroatoms. The van der Waals surface area contributed by atoms with E-state index in [0.29, 0.717) is 5.92 Å². The molecular formula is C22H35N2O+. The van der Waals surface area contributed by atoms with Gasteiger partial charge >= 0.3 is 0 Å². The molecule has 2 atom stereocenters. The average molecular weight is 344 g/mol. The molecule has 0 aliphatic carbocycles. The molecule has 1 aromatic heterocycles. The predicted octanol–water partition coefficient (Wildman–Crippen LogP) is 3.05. The lowest BCUT2D eigenvalue weighted by Gasteiger charge is -2.23. The Kier molecular flexibility index (Phi) is 7.73. The van der Waals surface area contributed by atoms with Gasteiger partial charge in [-0.1, -0.05) is 45.0 Å². The number of aromatic nitrogens is 1. The van der Waals surface area contributed by atoms with E-state index in [0.717, 1.165) is 32.6 Å². The fourth-order valence-electron chi connectivity index (χ4n) is 3.22. The molecule has 3 nitrogen and oxygen atoms in total. The third-order valence-corrected chi connectivity index (χ3v) is 5.03. The van der Waals surface area contributed by atoms with E-state index in [2.05, 4.69) is 74.9 Å². The Bertz CT molecular complexity index is 632. The van der Waals surface area contributed by atoms with Gasteiger partial charge in [0.15, 0.2) is 0 Å². The van der Waals surface area contributed by atoms with Crippen LogP contribution in [0.5, 0.6) is 0 Å². The Morgan fingerprint density at radius 3 is 2.56 bits per heavy atom. The van der Waals surface area contributed by atoms with Crippen molar-refractivity contribution < 1.29 is 10.0 Å². The van der Waals surface area contributed by atoms with Crippen molar-refractivity contribution in [1.82, 2.24) is 4.57 Å². The van der Waals surface area contributed by atoms with Crippen LogP contribution in [0, 0.1) is 12.8 Å². The van der Waals surface area contributed by atoms with Crippen LogP contribution in [0.15, 0.2) is 42.6 Å². The van der Waals surface area contributed by atoms with Crippen molar-refractivity contribution in [3.8, 4) is 0 Å². The van der Waals surface area contributed by atoms with Gasteiger partial charge in [0.05, 0.1) is 12.2 Å². The summed E-state index contributed by atoms with van der Waals surface area (Å²) in [5.41, 5.74) is 4.06. The number of benzene rings is 1. The second-order valence-electron chi connectivity index (χ2n) is 7.68. The predicted molar refractivity (Wildman–Crippen MR) is 105 cm³/mol. The zero-order valence-corrected chi connectivity index (χ0v) is 16.3. The monoisotopic (exact) mass is 343 g/mol. The molecule has 1 unspecified atom stereocenters. The van der Waals surface area contributed by atoms with Gasteiger partial charge in [0.2, 0.25) is 0 Å². The van der Waals surface area contributed by atoms with E-state index in [1.54, 1.807) is 0 Å². The third kappa shape index (κ3) is 6.33. The topological polar surface area (TPSA) is 29.6 Å². The van der Waals surface area contributed by atoms with E-state index in [1.165, 1.54) is 28.1 Å². The maximum absolute atomic E-state index is 10.1. The lowest BCUT2D eigenvalue weighted by molar-refractivity contribution is -0.917. The highest BCUT2D eigenvalue weighted by atomic mass is 16.3. The SMILES string of the molecule is CC[C@H](O)C[NH+](CCC(C)C)Cc1cccn1Cc1ccccc1C. The number of hydrogen-bond donors (Lipinski definition) is 2. The van der Waals surface area contributed by atoms with Crippen molar-refractivity contribution in [3.05, 3.63) is 59.4 Å². The minimum absolute atomic E-state index is 0.207. The van der Waals surface area contributed by atoms with E-state index < -0.39 is 0 Å². The van der Waals surface area contributed by atoms with Crippen LogP contribution < -0.4 is 4.90 Å². The molecule has 0 fully saturated rings. The number of aryl methyl sites for hydroxylation is 1. The fourth-order valence-corrected chi connectivity index (χ4v) is 3.22. The first kappa shape index (κ1) is 19.7. The number of nitrogens with zero attached hydrogens (tertiary/aromatic N) is 1. The summed E-state index contributed by atoms with van der Waals surface area (Å²) in [5, 5.41) is 10.1. The maximum Gasteiger partial charge on any atom is 0.118 e. The number of quaternary nitrogens is 1. The van der Waals surface area contributed by atoms with Crippen LogP contribution >= 0.6 is 0 Å². The Labute approximate surface area is 153 Å².